The Balaban J connectivity index is 2.46. The molecule has 0 spiro atoms. The van der Waals surface area contributed by atoms with Crippen molar-refractivity contribution in [1.82, 2.24) is 4.90 Å². The van der Waals surface area contributed by atoms with E-state index in [2.05, 4.69) is 4.90 Å². The second-order valence-electron chi connectivity index (χ2n) is 5.04. The van der Waals surface area contributed by atoms with E-state index in [0.29, 0.717) is 12.5 Å². The van der Waals surface area contributed by atoms with Gasteiger partial charge in [-0.05, 0) is 25.2 Å². The highest BCUT2D eigenvalue weighted by Gasteiger charge is 2.36. The lowest BCUT2D eigenvalue weighted by Crippen LogP contribution is -2.52. The lowest BCUT2D eigenvalue weighted by molar-refractivity contribution is 0.0622. The van der Waals surface area contributed by atoms with E-state index in [1.165, 1.54) is 12.8 Å². The van der Waals surface area contributed by atoms with Gasteiger partial charge in [-0.25, -0.2) is 0 Å². The van der Waals surface area contributed by atoms with E-state index in [4.69, 9.17) is 15.2 Å². The third-order valence-corrected chi connectivity index (χ3v) is 3.64. The van der Waals surface area contributed by atoms with Crippen molar-refractivity contribution >= 4 is 0 Å². The second-order valence-corrected chi connectivity index (χ2v) is 5.04. The van der Waals surface area contributed by atoms with Crippen LogP contribution in [-0.4, -0.2) is 69.2 Å². The van der Waals surface area contributed by atoms with E-state index < -0.39 is 0 Å². The Labute approximate surface area is 110 Å². The van der Waals surface area contributed by atoms with Gasteiger partial charge in [-0.2, -0.15) is 0 Å². The fraction of sp³-hybridized carbons (Fsp3) is 1.00. The number of hydrogen-bond donors (Lipinski definition) is 2. The Morgan fingerprint density at radius 1 is 1.22 bits per heavy atom. The molecule has 1 aliphatic rings. The Bertz CT molecular complexity index is 212. The number of nitrogens with zero attached hydrogens (tertiary/aromatic N) is 1. The van der Waals surface area contributed by atoms with Gasteiger partial charge in [-0.3, -0.25) is 4.90 Å². The molecule has 5 nitrogen and oxygen atoms in total. The van der Waals surface area contributed by atoms with Crippen LogP contribution < -0.4 is 5.73 Å². The van der Waals surface area contributed by atoms with Gasteiger partial charge in [-0.1, -0.05) is 0 Å². The minimum absolute atomic E-state index is 0.0458. The number of hydrogen-bond acceptors (Lipinski definition) is 5. The van der Waals surface area contributed by atoms with E-state index in [-0.39, 0.29) is 18.7 Å². The molecule has 2 atom stereocenters. The maximum Gasteiger partial charge on any atom is 0.0602 e. The van der Waals surface area contributed by atoms with Crippen molar-refractivity contribution in [2.45, 2.75) is 31.3 Å². The normalized spacial score (nSPS) is 19.2. The van der Waals surface area contributed by atoms with Gasteiger partial charge in [0.05, 0.1) is 13.2 Å². The van der Waals surface area contributed by atoms with Gasteiger partial charge < -0.3 is 20.3 Å². The highest BCUT2D eigenvalue weighted by molar-refractivity contribution is 4.93. The summed E-state index contributed by atoms with van der Waals surface area (Å²) in [6.07, 6.45) is 3.36. The van der Waals surface area contributed by atoms with E-state index in [9.17, 15) is 5.11 Å². The van der Waals surface area contributed by atoms with Gasteiger partial charge in [0.25, 0.3) is 0 Å². The average Bonchev–Trinajstić information content (AvgIpc) is 3.20. The van der Waals surface area contributed by atoms with Crippen LogP contribution in [0.5, 0.6) is 0 Å². The van der Waals surface area contributed by atoms with Crippen molar-refractivity contribution in [2.24, 2.45) is 11.7 Å². The minimum atomic E-state index is 0.0458. The molecule has 0 heterocycles. The van der Waals surface area contributed by atoms with Crippen LogP contribution in [0.15, 0.2) is 0 Å². The molecule has 0 aromatic heterocycles. The fourth-order valence-corrected chi connectivity index (χ4v) is 2.34. The monoisotopic (exact) mass is 260 g/mol. The molecule has 0 aromatic carbocycles. The molecule has 0 radical (unpaired) electrons. The highest BCUT2D eigenvalue weighted by atomic mass is 16.5. The zero-order valence-corrected chi connectivity index (χ0v) is 11.7. The van der Waals surface area contributed by atoms with E-state index in [0.717, 1.165) is 26.1 Å². The fourth-order valence-electron chi connectivity index (χ4n) is 2.34. The van der Waals surface area contributed by atoms with Crippen molar-refractivity contribution in [1.29, 1.82) is 0 Å². The Hall–Kier alpha value is -0.200. The summed E-state index contributed by atoms with van der Waals surface area (Å²) in [6, 6.07) is 0.124. The van der Waals surface area contributed by atoms with Crippen LogP contribution >= 0.6 is 0 Å². The summed E-state index contributed by atoms with van der Waals surface area (Å²) in [5.41, 5.74) is 6.24. The van der Waals surface area contributed by atoms with Crippen molar-refractivity contribution in [2.75, 3.05) is 47.1 Å². The molecule has 18 heavy (non-hydrogen) atoms. The van der Waals surface area contributed by atoms with Crippen molar-refractivity contribution in [3.8, 4) is 0 Å². The maximum absolute atomic E-state index is 9.61. The number of ether oxygens (including phenoxy) is 2. The van der Waals surface area contributed by atoms with Crippen LogP contribution in [0, 0.1) is 5.92 Å². The lowest BCUT2D eigenvalue weighted by Gasteiger charge is -2.34. The molecule has 1 saturated carbocycles. The first kappa shape index (κ1) is 15.9. The van der Waals surface area contributed by atoms with Gasteiger partial charge in [0.1, 0.15) is 0 Å². The molecule has 5 heteroatoms. The third-order valence-electron chi connectivity index (χ3n) is 3.64. The quantitative estimate of drug-likeness (QED) is 0.515. The summed E-state index contributed by atoms with van der Waals surface area (Å²) in [7, 11) is 3.40. The molecule has 3 N–H and O–H groups in total. The van der Waals surface area contributed by atoms with Gasteiger partial charge in [0.2, 0.25) is 0 Å². The smallest absolute Gasteiger partial charge is 0.0602 e. The average molecular weight is 260 g/mol. The topological polar surface area (TPSA) is 68.0 Å². The number of aliphatic hydroxyl groups excluding tert-OH is 1. The maximum atomic E-state index is 9.61. The van der Waals surface area contributed by atoms with Crippen molar-refractivity contribution < 1.29 is 14.6 Å². The number of nitrogens with two attached hydrogens (primary N) is 1. The second kappa shape index (κ2) is 8.82. The van der Waals surface area contributed by atoms with E-state index in [1.807, 2.05) is 0 Å². The highest BCUT2D eigenvalue weighted by Crippen LogP contribution is 2.33. The van der Waals surface area contributed by atoms with Crippen molar-refractivity contribution in [3.63, 3.8) is 0 Å². The standard InChI is InChI=1S/C13H28N2O3/c1-17-8-3-6-15(7-9-18-2)12(10-16)13(14)11-4-5-11/h11-13,16H,3-10,14H2,1-2H3. The van der Waals surface area contributed by atoms with Crippen LogP contribution in [0.3, 0.4) is 0 Å². The van der Waals surface area contributed by atoms with Crippen LogP contribution in [0.4, 0.5) is 0 Å². The predicted octanol–water partition coefficient (Wildman–Crippen LogP) is 0.0695. The molecule has 0 amide bonds. The van der Waals surface area contributed by atoms with Gasteiger partial charge in [-0.15, -0.1) is 0 Å². The predicted molar refractivity (Wildman–Crippen MR) is 71.5 cm³/mol. The molecule has 2 unspecified atom stereocenters. The van der Waals surface area contributed by atoms with E-state index in [1.54, 1.807) is 14.2 Å². The summed E-state index contributed by atoms with van der Waals surface area (Å²) in [5, 5.41) is 9.61. The van der Waals surface area contributed by atoms with E-state index >= 15 is 0 Å². The summed E-state index contributed by atoms with van der Waals surface area (Å²) < 4.78 is 10.2. The number of aliphatic hydroxyl groups is 1. The first-order valence-electron chi connectivity index (χ1n) is 6.83. The van der Waals surface area contributed by atoms with Gasteiger partial charge in [0, 0.05) is 46.0 Å². The molecule has 0 aliphatic heterocycles. The zero-order chi connectivity index (χ0) is 13.4. The number of methoxy groups -OCH3 is 2. The molecule has 108 valence electrons. The van der Waals surface area contributed by atoms with Crippen LogP contribution in [0.1, 0.15) is 19.3 Å². The minimum Gasteiger partial charge on any atom is -0.395 e. The van der Waals surface area contributed by atoms with Crippen LogP contribution in [0.2, 0.25) is 0 Å². The molecule has 1 fully saturated rings. The molecular formula is C13H28N2O3. The molecular weight excluding hydrogens is 232 g/mol. The molecule has 0 bridgehead atoms. The van der Waals surface area contributed by atoms with Crippen LogP contribution in [0.25, 0.3) is 0 Å². The molecule has 0 aromatic rings. The summed E-state index contributed by atoms with van der Waals surface area (Å²) in [4.78, 5) is 2.24. The Morgan fingerprint density at radius 2 is 1.89 bits per heavy atom. The Kier molecular flexibility index (Phi) is 7.77. The van der Waals surface area contributed by atoms with Crippen molar-refractivity contribution in [3.05, 3.63) is 0 Å². The van der Waals surface area contributed by atoms with Crippen LogP contribution in [-0.2, 0) is 9.47 Å². The van der Waals surface area contributed by atoms with Gasteiger partial charge >= 0.3 is 0 Å². The summed E-state index contributed by atoms with van der Waals surface area (Å²) in [5.74, 6) is 0.592. The van der Waals surface area contributed by atoms with Gasteiger partial charge in [0.15, 0.2) is 0 Å². The molecule has 0 saturated heterocycles. The first-order chi connectivity index (χ1) is 8.74. The molecule has 1 aliphatic carbocycles. The first-order valence-corrected chi connectivity index (χ1v) is 6.83. The summed E-state index contributed by atoms with van der Waals surface area (Å²) >= 11 is 0. The lowest BCUT2D eigenvalue weighted by atomic mass is 10.0. The zero-order valence-electron chi connectivity index (χ0n) is 11.7. The Morgan fingerprint density at radius 3 is 2.39 bits per heavy atom. The SMILES string of the molecule is COCCCN(CCOC)C(CO)C(N)C1CC1. The summed E-state index contributed by atoms with van der Waals surface area (Å²) in [6.45, 7) is 3.23. The number of rotatable bonds is 11. The largest absolute Gasteiger partial charge is 0.395 e. The molecule has 1 rings (SSSR count). The third kappa shape index (κ3) is 5.20.